The number of aliphatic carboxylic acids is 1. The number of aryl methyl sites for hydroxylation is 1. The van der Waals surface area contributed by atoms with Crippen molar-refractivity contribution in [2.75, 3.05) is 0 Å². The first-order chi connectivity index (χ1) is 9.15. The van der Waals surface area contributed by atoms with E-state index < -0.39 is 5.97 Å². The van der Waals surface area contributed by atoms with E-state index in [4.69, 9.17) is 5.11 Å². The fourth-order valence-electron chi connectivity index (χ4n) is 1.73. The number of halogens is 1. The van der Waals surface area contributed by atoms with Gasteiger partial charge >= 0.3 is 5.97 Å². The van der Waals surface area contributed by atoms with E-state index in [2.05, 4.69) is 25.9 Å². The first-order valence-electron chi connectivity index (χ1n) is 5.95. The Morgan fingerprint density at radius 2 is 2.16 bits per heavy atom. The first-order valence-corrected chi connectivity index (χ1v) is 6.74. The molecule has 2 aromatic rings. The smallest absolute Gasteiger partial charge is 0.303 e. The normalized spacial score (nSPS) is 10.4. The number of hydrogen-bond acceptors (Lipinski definition) is 3. The van der Waals surface area contributed by atoms with Gasteiger partial charge in [-0.05, 0) is 24.6 Å². The number of hydrogen-bond donors (Lipinski definition) is 1. The summed E-state index contributed by atoms with van der Waals surface area (Å²) in [6.45, 7) is 0. The minimum atomic E-state index is -0.789. The molecule has 1 aromatic heterocycles. The van der Waals surface area contributed by atoms with Gasteiger partial charge in [0.15, 0.2) is 0 Å². The molecule has 0 spiro atoms. The van der Waals surface area contributed by atoms with Gasteiger partial charge in [-0.1, -0.05) is 28.1 Å². The average molecular weight is 321 g/mol. The second-order valence-corrected chi connectivity index (χ2v) is 5.03. The molecule has 1 aromatic carbocycles. The molecule has 0 radical (unpaired) electrons. The van der Waals surface area contributed by atoms with Crippen LogP contribution in [0.2, 0.25) is 0 Å². The van der Waals surface area contributed by atoms with Crippen LogP contribution in [0.1, 0.15) is 18.7 Å². The van der Waals surface area contributed by atoms with E-state index in [1.807, 2.05) is 30.3 Å². The molecule has 19 heavy (non-hydrogen) atoms. The molecular weight excluding hydrogens is 308 g/mol. The third-order valence-corrected chi connectivity index (χ3v) is 3.11. The van der Waals surface area contributed by atoms with Crippen molar-refractivity contribution >= 4 is 21.9 Å². The highest BCUT2D eigenvalue weighted by molar-refractivity contribution is 9.10. The Morgan fingerprint density at radius 3 is 2.89 bits per heavy atom. The average Bonchev–Trinajstić information content (AvgIpc) is 2.39. The lowest BCUT2D eigenvalue weighted by atomic mass is 10.1. The lowest BCUT2D eigenvalue weighted by Gasteiger charge is -2.04. The molecule has 1 heterocycles. The Hall–Kier alpha value is -1.75. The van der Waals surface area contributed by atoms with Gasteiger partial charge in [-0.25, -0.2) is 9.97 Å². The molecule has 5 heteroatoms. The molecule has 98 valence electrons. The van der Waals surface area contributed by atoms with E-state index in [-0.39, 0.29) is 6.42 Å². The molecule has 0 aliphatic rings. The Morgan fingerprint density at radius 1 is 1.32 bits per heavy atom. The summed E-state index contributed by atoms with van der Waals surface area (Å²) >= 11 is 3.43. The van der Waals surface area contributed by atoms with Crippen LogP contribution in [0, 0.1) is 0 Å². The van der Waals surface area contributed by atoms with Crippen molar-refractivity contribution in [3.05, 3.63) is 46.8 Å². The van der Waals surface area contributed by atoms with Gasteiger partial charge in [0.2, 0.25) is 0 Å². The number of benzene rings is 1. The summed E-state index contributed by atoms with van der Waals surface area (Å²) in [6.07, 6.45) is 2.98. The van der Waals surface area contributed by atoms with Gasteiger partial charge in [0.1, 0.15) is 5.82 Å². The highest BCUT2D eigenvalue weighted by atomic mass is 79.9. The quantitative estimate of drug-likeness (QED) is 0.918. The second-order valence-electron chi connectivity index (χ2n) is 4.12. The zero-order valence-corrected chi connectivity index (χ0v) is 11.8. The molecule has 0 saturated heterocycles. The van der Waals surface area contributed by atoms with Crippen molar-refractivity contribution in [2.24, 2.45) is 0 Å². The molecule has 0 fully saturated rings. The van der Waals surface area contributed by atoms with Crippen LogP contribution in [0.25, 0.3) is 11.3 Å². The third kappa shape index (κ3) is 4.13. The molecule has 0 unspecified atom stereocenters. The van der Waals surface area contributed by atoms with Gasteiger partial charge in [0.25, 0.3) is 0 Å². The van der Waals surface area contributed by atoms with Crippen LogP contribution in [0.15, 0.2) is 41.0 Å². The van der Waals surface area contributed by atoms with E-state index in [1.165, 1.54) is 0 Å². The van der Waals surface area contributed by atoms with Crippen molar-refractivity contribution in [1.82, 2.24) is 9.97 Å². The largest absolute Gasteiger partial charge is 0.481 e. The van der Waals surface area contributed by atoms with Gasteiger partial charge in [0.05, 0.1) is 5.69 Å². The predicted molar refractivity (Wildman–Crippen MR) is 75.7 cm³/mol. The maximum Gasteiger partial charge on any atom is 0.303 e. The molecule has 2 rings (SSSR count). The van der Waals surface area contributed by atoms with Crippen LogP contribution in [0.3, 0.4) is 0 Å². The molecule has 0 aliphatic heterocycles. The maximum atomic E-state index is 10.5. The Labute approximate surface area is 119 Å². The van der Waals surface area contributed by atoms with Gasteiger partial charge in [0, 0.05) is 29.1 Å². The molecule has 0 bridgehead atoms. The molecule has 0 aliphatic carbocycles. The molecule has 1 N–H and O–H groups in total. The van der Waals surface area contributed by atoms with Gasteiger partial charge in [-0.15, -0.1) is 0 Å². The van der Waals surface area contributed by atoms with Crippen LogP contribution in [0.5, 0.6) is 0 Å². The van der Waals surface area contributed by atoms with Crippen LogP contribution in [0.4, 0.5) is 0 Å². The maximum absolute atomic E-state index is 10.5. The van der Waals surface area contributed by atoms with Crippen molar-refractivity contribution in [3.8, 4) is 11.3 Å². The zero-order valence-electron chi connectivity index (χ0n) is 10.2. The van der Waals surface area contributed by atoms with Crippen molar-refractivity contribution in [2.45, 2.75) is 19.3 Å². The summed E-state index contributed by atoms with van der Waals surface area (Å²) in [5.41, 5.74) is 1.86. The van der Waals surface area contributed by atoms with E-state index in [1.54, 1.807) is 6.20 Å². The van der Waals surface area contributed by atoms with Crippen LogP contribution in [-0.4, -0.2) is 21.0 Å². The summed E-state index contributed by atoms with van der Waals surface area (Å²) < 4.78 is 0.996. The van der Waals surface area contributed by atoms with Crippen molar-refractivity contribution in [3.63, 3.8) is 0 Å². The molecule has 4 nitrogen and oxygen atoms in total. The van der Waals surface area contributed by atoms with E-state index in [0.717, 1.165) is 15.7 Å². The summed E-state index contributed by atoms with van der Waals surface area (Å²) in [5, 5.41) is 8.61. The van der Waals surface area contributed by atoms with E-state index >= 15 is 0 Å². The highest BCUT2D eigenvalue weighted by Gasteiger charge is 2.04. The minimum Gasteiger partial charge on any atom is -0.481 e. The molecule has 0 atom stereocenters. The topological polar surface area (TPSA) is 63.1 Å². The summed E-state index contributed by atoms with van der Waals surface area (Å²) in [4.78, 5) is 19.1. The van der Waals surface area contributed by atoms with Gasteiger partial charge < -0.3 is 5.11 Å². The SMILES string of the molecule is O=C(O)CCCc1nccc(-c2cccc(Br)c2)n1. The minimum absolute atomic E-state index is 0.143. The van der Waals surface area contributed by atoms with Gasteiger partial charge in [-0.3, -0.25) is 4.79 Å². The van der Waals surface area contributed by atoms with Gasteiger partial charge in [-0.2, -0.15) is 0 Å². The molecular formula is C14H13BrN2O2. The van der Waals surface area contributed by atoms with E-state index in [9.17, 15) is 4.79 Å². The lowest BCUT2D eigenvalue weighted by molar-refractivity contribution is -0.137. The Kier molecular flexibility index (Phi) is 4.63. The number of aromatic nitrogens is 2. The number of rotatable bonds is 5. The Balaban J connectivity index is 2.13. The second kappa shape index (κ2) is 6.43. The van der Waals surface area contributed by atoms with Crippen molar-refractivity contribution < 1.29 is 9.90 Å². The van der Waals surface area contributed by atoms with E-state index in [0.29, 0.717) is 18.7 Å². The summed E-state index contributed by atoms with van der Waals surface area (Å²) in [5.74, 6) is -0.109. The van der Waals surface area contributed by atoms with Crippen LogP contribution in [-0.2, 0) is 11.2 Å². The molecule has 0 amide bonds. The number of carboxylic acids is 1. The predicted octanol–water partition coefficient (Wildman–Crippen LogP) is 3.31. The fraction of sp³-hybridized carbons (Fsp3) is 0.214. The Bertz CT molecular complexity index is 587. The fourth-order valence-corrected chi connectivity index (χ4v) is 2.13. The summed E-state index contributed by atoms with van der Waals surface area (Å²) in [6, 6.07) is 9.73. The van der Waals surface area contributed by atoms with Crippen molar-refractivity contribution in [1.29, 1.82) is 0 Å². The standard InChI is InChI=1S/C14H13BrN2O2/c15-11-4-1-3-10(9-11)12-7-8-16-13(17-12)5-2-6-14(18)19/h1,3-4,7-9H,2,5-6H2,(H,18,19). The number of carboxylic acid groups (broad SMARTS) is 1. The summed E-state index contributed by atoms with van der Waals surface area (Å²) in [7, 11) is 0. The van der Waals surface area contributed by atoms with Crippen LogP contribution >= 0.6 is 15.9 Å². The monoisotopic (exact) mass is 320 g/mol. The highest BCUT2D eigenvalue weighted by Crippen LogP contribution is 2.21. The van der Waals surface area contributed by atoms with Crippen LogP contribution < -0.4 is 0 Å². The zero-order chi connectivity index (χ0) is 13.7. The number of carbonyl (C=O) groups is 1. The lowest BCUT2D eigenvalue weighted by Crippen LogP contribution is -2.00. The first kappa shape index (κ1) is 13.7. The number of nitrogens with zero attached hydrogens (tertiary/aromatic N) is 2. The third-order valence-electron chi connectivity index (χ3n) is 2.62. The molecule has 0 saturated carbocycles.